The van der Waals surface area contributed by atoms with Crippen LogP contribution in [0, 0.1) is 0 Å². The Bertz CT molecular complexity index is 307. The molecule has 0 N–H and O–H groups in total. The van der Waals surface area contributed by atoms with Gasteiger partial charge in [-0.1, -0.05) is 22.9 Å². The summed E-state index contributed by atoms with van der Waals surface area (Å²) in [5.74, 6) is 0.483. The van der Waals surface area contributed by atoms with E-state index < -0.39 is 9.84 Å². The van der Waals surface area contributed by atoms with Crippen molar-refractivity contribution in [3.63, 3.8) is 0 Å². The van der Waals surface area contributed by atoms with Crippen molar-refractivity contribution in [2.24, 2.45) is 0 Å². The minimum atomic E-state index is -2.86. The van der Waals surface area contributed by atoms with Gasteiger partial charge in [-0.2, -0.15) is 0 Å². The molecule has 1 rings (SSSR count). The standard InChI is InChI=1S/C10H20BrNO3S/c1-3-16(13,14)5-4-12-7-10(6-11)15-8-9(12)2/h9-10H,3-8H2,1-2H3. The van der Waals surface area contributed by atoms with Crippen LogP contribution in [0.15, 0.2) is 0 Å². The maximum absolute atomic E-state index is 11.4. The number of hydrogen-bond donors (Lipinski definition) is 0. The molecule has 96 valence electrons. The highest BCUT2D eigenvalue weighted by Gasteiger charge is 2.26. The monoisotopic (exact) mass is 313 g/mol. The Balaban J connectivity index is 2.45. The molecule has 6 heteroatoms. The summed E-state index contributed by atoms with van der Waals surface area (Å²) in [5.41, 5.74) is 0. The SMILES string of the molecule is CCS(=O)(=O)CCN1CC(CBr)OCC1C. The number of nitrogens with zero attached hydrogens (tertiary/aromatic N) is 1. The first-order valence-electron chi connectivity index (χ1n) is 5.60. The number of hydrogen-bond acceptors (Lipinski definition) is 4. The largest absolute Gasteiger partial charge is 0.374 e. The van der Waals surface area contributed by atoms with Gasteiger partial charge in [0.1, 0.15) is 0 Å². The van der Waals surface area contributed by atoms with Crippen LogP contribution < -0.4 is 0 Å². The van der Waals surface area contributed by atoms with E-state index in [1.54, 1.807) is 6.92 Å². The lowest BCUT2D eigenvalue weighted by Crippen LogP contribution is -2.50. The Kier molecular flexibility index (Phi) is 5.70. The molecule has 0 spiro atoms. The molecule has 1 heterocycles. The van der Waals surface area contributed by atoms with Crippen molar-refractivity contribution in [2.45, 2.75) is 26.0 Å². The predicted molar refractivity (Wildman–Crippen MR) is 68.9 cm³/mol. The van der Waals surface area contributed by atoms with Crippen molar-refractivity contribution < 1.29 is 13.2 Å². The average molecular weight is 314 g/mol. The Labute approximate surface area is 106 Å². The van der Waals surface area contributed by atoms with Crippen LogP contribution >= 0.6 is 15.9 Å². The fraction of sp³-hybridized carbons (Fsp3) is 1.00. The lowest BCUT2D eigenvalue weighted by atomic mass is 10.2. The summed E-state index contributed by atoms with van der Waals surface area (Å²) in [5, 5.41) is 0.802. The fourth-order valence-corrected chi connectivity index (χ4v) is 2.87. The normalized spacial score (nSPS) is 28.2. The zero-order chi connectivity index (χ0) is 12.2. The van der Waals surface area contributed by atoms with Crippen molar-refractivity contribution in [3.8, 4) is 0 Å². The minimum Gasteiger partial charge on any atom is -0.374 e. The van der Waals surface area contributed by atoms with Gasteiger partial charge in [0.05, 0.1) is 18.5 Å². The topological polar surface area (TPSA) is 46.6 Å². The summed E-state index contributed by atoms with van der Waals surface area (Å²) in [6.45, 7) is 5.88. The Morgan fingerprint density at radius 2 is 2.19 bits per heavy atom. The average Bonchev–Trinajstić information content (AvgIpc) is 2.28. The number of sulfone groups is 1. The third-order valence-electron chi connectivity index (χ3n) is 2.94. The van der Waals surface area contributed by atoms with E-state index in [0.29, 0.717) is 19.2 Å². The summed E-state index contributed by atoms with van der Waals surface area (Å²) >= 11 is 3.39. The highest BCUT2D eigenvalue weighted by atomic mass is 79.9. The van der Waals surface area contributed by atoms with Gasteiger partial charge in [-0.3, -0.25) is 4.90 Å². The first-order valence-corrected chi connectivity index (χ1v) is 8.55. The van der Waals surface area contributed by atoms with Crippen LogP contribution in [0.4, 0.5) is 0 Å². The lowest BCUT2D eigenvalue weighted by Gasteiger charge is -2.37. The van der Waals surface area contributed by atoms with Gasteiger partial charge in [-0.15, -0.1) is 0 Å². The summed E-state index contributed by atoms with van der Waals surface area (Å²) in [6, 6.07) is 0.308. The van der Waals surface area contributed by atoms with Crippen LogP contribution in [0.25, 0.3) is 0 Å². The van der Waals surface area contributed by atoms with E-state index in [2.05, 4.69) is 27.8 Å². The van der Waals surface area contributed by atoms with Gasteiger partial charge in [0.2, 0.25) is 0 Å². The van der Waals surface area contributed by atoms with Gasteiger partial charge in [0, 0.05) is 30.2 Å². The highest BCUT2D eigenvalue weighted by Crippen LogP contribution is 2.13. The molecule has 0 aromatic rings. The van der Waals surface area contributed by atoms with Crippen LogP contribution in [0.3, 0.4) is 0 Å². The van der Waals surface area contributed by atoms with E-state index in [1.807, 2.05) is 0 Å². The maximum Gasteiger partial charge on any atom is 0.151 e. The molecule has 0 bridgehead atoms. The van der Waals surface area contributed by atoms with E-state index in [9.17, 15) is 8.42 Å². The van der Waals surface area contributed by atoms with Gasteiger partial charge in [0.25, 0.3) is 0 Å². The molecule has 0 saturated carbocycles. The summed E-state index contributed by atoms with van der Waals surface area (Å²) in [4.78, 5) is 2.20. The molecule has 2 atom stereocenters. The number of halogens is 1. The molecule has 0 aliphatic carbocycles. The lowest BCUT2D eigenvalue weighted by molar-refractivity contribution is -0.0441. The Morgan fingerprint density at radius 3 is 2.75 bits per heavy atom. The number of ether oxygens (including phenoxy) is 1. The molecular formula is C10H20BrNO3S. The van der Waals surface area contributed by atoms with Crippen LogP contribution in [0.5, 0.6) is 0 Å². The second-order valence-corrected chi connectivity index (χ2v) is 7.31. The Hall–Kier alpha value is 0.350. The number of alkyl halides is 1. The Morgan fingerprint density at radius 1 is 1.50 bits per heavy atom. The number of rotatable bonds is 5. The molecule has 16 heavy (non-hydrogen) atoms. The first-order chi connectivity index (χ1) is 7.48. The molecule has 1 saturated heterocycles. The zero-order valence-electron chi connectivity index (χ0n) is 9.86. The van der Waals surface area contributed by atoms with E-state index in [0.717, 1.165) is 11.9 Å². The minimum absolute atomic E-state index is 0.181. The van der Waals surface area contributed by atoms with E-state index >= 15 is 0 Å². The third-order valence-corrected chi connectivity index (χ3v) is 5.34. The second kappa shape index (κ2) is 6.33. The smallest absolute Gasteiger partial charge is 0.151 e. The van der Waals surface area contributed by atoms with Crippen LogP contribution in [0.2, 0.25) is 0 Å². The molecule has 0 aromatic carbocycles. The van der Waals surface area contributed by atoms with E-state index in [4.69, 9.17) is 4.74 Å². The second-order valence-electron chi connectivity index (χ2n) is 4.19. The van der Waals surface area contributed by atoms with Crippen molar-refractivity contribution >= 4 is 25.8 Å². The van der Waals surface area contributed by atoms with Crippen LogP contribution in [0.1, 0.15) is 13.8 Å². The molecule has 4 nitrogen and oxygen atoms in total. The van der Waals surface area contributed by atoms with E-state index in [-0.39, 0.29) is 17.6 Å². The summed E-state index contributed by atoms with van der Waals surface area (Å²) in [7, 11) is -2.86. The molecule has 1 fully saturated rings. The van der Waals surface area contributed by atoms with Crippen molar-refractivity contribution in [3.05, 3.63) is 0 Å². The van der Waals surface area contributed by atoms with Crippen LogP contribution in [-0.2, 0) is 14.6 Å². The molecule has 1 aliphatic rings. The van der Waals surface area contributed by atoms with Gasteiger partial charge >= 0.3 is 0 Å². The van der Waals surface area contributed by atoms with Crippen LogP contribution in [-0.4, -0.2) is 62.0 Å². The predicted octanol–water partition coefficient (Wildman–Crippen LogP) is 0.905. The first kappa shape index (κ1) is 14.4. The van der Waals surface area contributed by atoms with Gasteiger partial charge in [-0.25, -0.2) is 8.42 Å². The summed E-state index contributed by atoms with van der Waals surface area (Å²) < 4.78 is 28.5. The third kappa shape index (κ3) is 4.31. The zero-order valence-corrected chi connectivity index (χ0v) is 12.3. The maximum atomic E-state index is 11.4. The fourth-order valence-electron chi connectivity index (χ4n) is 1.68. The molecular weight excluding hydrogens is 294 g/mol. The van der Waals surface area contributed by atoms with Crippen molar-refractivity contribution in [1.29, 1.82) is 0 Å². The highest BCUT2D eigenvalue weighted by molar-refractivity contribution is 9.09. The van der Waals surface area contributed by atoms with Crippen molar-refractivity contribution in [1.82, 2.24) is 4.90 Å². The summed E-state index contributed by atoms with van der Waals surface area (Å²) in [6.07, 6.45) is 0.181. The van der Waals surface area contributed by atoms with E-state index in [1.165, 1.54) is 0 Å². The van der Waals surface area contributed by atoms with Gasteiger partial charge in [-0.05, 0) is 6.92 Å². The molecule has 0 aromatic heterocycles. The number of morpholine rings is 1. The molecule has 1 aliphatic heterocycles. The molecule has 2 unspecified atom stereocenters. The molecule has 0 amide bonds. The van der Waals surface area contributed by atoms with Crippen molar-refractivity contribution in [2.75, 3.05) is 36.5 Å². The van der Waals surface area contributed by atoms with Gasteiger partial charge < -0.3 is 4.74 Å². The molecule has 0 radical (unpaired) electrons. The quantitative estimate of drug-likeness (QED) is 0.708. The van der Waals surface area contributed by atoms with Gasteiger partial charge in [0.15, 0.2) is 9.84 Å².